The molecule has 3 heteroatoms. The van der Waals surface area contributed by atoms with Crippen LogP contribution in [0.4, 0.5) is 0 Å². The molecule has 1 aromatic rings. The minimum Gasteiger partial charge on any atom is -0.385 e. The van der Waals surface area contributed by atoms with E-state index in [1.807, 2.05) is 0 Å². The molecule has 0 heterocycles. The van der Waals surface area contributed by atoms with E-state index in [9.17, 15) is 0 Å². The lowest BCUT2D eigenvalue weighted by molar-refractivity contribution is 0.658. The number of nitrogens with two attached hydrogens (primary N) is 2. The highest BCUT2D eigenvalue weighted by Crippen LogP contribution is 2.59. The molecule has 0 radical (unpaired) electrons. The second kappa shape index (κ2) is 2.99. The Balaban J connectivity index is 1.97. The molecule has 1 fully saturated rings. The van der Waals surface area contributed by atoms with Gasteiger partial charge in [-0.25, -0.2) is 0 Å². The number of rotatable bonds is 1. The Labute approximate surface area is 89.2 Å². The SMILES string of the molecule is N/N=C(/N)C1C2CCc3ccccc3C21. The van der Waals surface area contributed by atoms with Crippen molar-refractivity contribution in [3.63, 3.8) is 0 Å². The summed E-state index contributed by atoms with van der Waals surface area (Å²) in [6.07, 6.45) is 2.40. The molecule has 3 unspecified atom stereocenters. The predicted molar refractivity (Wildman–Crippen MR) is 60.3 cm³/mol. The average molecular weight is 201 g/mol. The largest absolute Gasteiger partial charge is 0.385 e. The van der Waals surface area contributed by atoms with Crippen molar-refractivity contribution >= 4 is 5.84 Å². The second-order valence-electron chi connectivity index (χ2n) is 4.51. The maximum absolute atomic E-state index is 5.82. The Morgan fingerprint density at radius 2 is 2.13 bits per heavy atom. The number of nitrogens with zero attached hydrogens (tertiary/aromatic N) is 1. The maximum Gasteiger partial charge on any atom is 0.123 e. The minimum atomic E-state index is 0.402. The van der Waals surface area contributed by atoms with Crippen LogP contribution in [0.15, 0.2) is 29.4 Å². The van der Waals surface area contributed by atoms with E-state index in [-0.39, 0.29) is 0 Å². The summed E-state index contributed by atoms with van der Waals surface area (Å²) in [5.41, 5.74) is 8.76. The number of aryl methyl sites for hydroxylation is 1. The van der Waals surface area contributed by atoms with Crippen LogP contribution in [0.1, 0.15) is 23.5 Å². The van der Waals surface area contributed by atoms with Gasteiger partial charge < -0.3 is 11.6 Å². The maximum atomic E-state index is 5.82. The van der Waals surface area contributed by atoms with Crippen molar-refractivity contribution in [3.05, 3.63) is 35.4 Å². The lowest BCUT2D eigenvalue weighted by Gasteiger charge is -2.13. The number of hydrazone groups is 1. The summed E-state index contributed by atoms with van der Waals surface area (Å²) in [4.78, 5) is 0. The van der Waals surface area contributed by atoms with Crippen LogP contribution < -0.4 is 11.6 Å². The zero-order valence-corrected chi connectivity index (χ0v) is 8.56. The Hall–Kier alpha value is -1.51. The Kier molecular flexibility index (Phi) is 1.75. The zero-order valence-electron chi connectivity index (χ0n) is 8.56. The van der Waals surface area contributed by atoms with Gasteiger partial charge >= 0.3 is 0 Å². The molecule has 3 atom stereocenters. The van der Waals surface area contributed by atoms with Crippen molar-refractivity contribution in [1.29, 1.82) is 0 Å². The second-order valence-corrected chi connectivity index (χ2v) is 4.51. The van der Waals surface area contributed by atoms with Gasteiger partial charge in [-0.05, 0) is 35.8 Å². The van der Waals surface area contributed by atoms with Gasteiger partial charge in [0.1, 0.15) is 5.84 Å². The van der Waals surface area contributed by atoms with Crippen molar-refractivity contribution in [2.45, 2.75) is 18.8 Å². The van der Waals surface area contributed by atoms with Crippen LogP contribution in [0, 0.1) is 11.8 Å². The summed E-state index contributed by atoms with van der Waals surface area (Å²) in [5.74, 6) is 7.55. The van der Waals surface area contributed by atoms with Gasteiger partial charge in [0.25, 0.3) is 0 Å². The number of hydrogen-bond acceptors (Lipinski definition) is 2. The monoisotopic (exact) mass is 201 g/mol. The van der Waals surface area contributed by atoms with Gasteiger partial charge in [-0.3, -0.25) is 0 Å². The lowest BCUT2D eigenvalue weighted by atomic mass is 9.92. The van der Waals surface area contributed by atoms with Crippen molar-refractivity contribution in [2.24, 2.45) is 28.5 Å². The van der Waals surface area contributed by atoms with Crippen molar-refractivity contribution in [1.82, 2.24) is 0 Å². The van der Waals surface area contributed by atoms with Crippen molar-refractivity contribution in [2.75, 3.05) is 0 Å². The quantitative estimate of drug-likeness (QED) is 0.310. The molecule has 78 valence electrons. The molecule has 0 aliphatic heterocycles. The fourth-order valence-electron chi connectivity index (χ4n) is 3.06. The summed E-state index contributed by atoms with van der Waals surface area (Å²) in [6.45, 7) is 0. The third kappa shape index (κ3) is 1.16. The van der Waals surface area contributed by atoms with Crippen LogP contribution in [0.5, 0.6) is 0 Å². The first-order valence-electron chi connectivity index (χ1n) is 5.44. The van der Waals surface area contributed by atoms with E-state index in [0.717, 1.165) is 0 Å². The smallest absolute Gasteiger partial charge is 0.123 e. The molecule has 0 bridgehead atoms. The Morgan fingerprint density at radius 3 is 2.93 bits per heavy atom. The highest BCUT2D eigenvalue weighted by Gasteiger charge is 2.55. The number of amidine groups is 1. The summed E-state index contributed by atoms with van der Waals surface area (Å²) in [5, 5.41) is 3.64. The van der Waals surface area contributed by atoms with Gasteiger partial charge in [0, 0.05) is 5.92 Å². The molecule has 0 amide bonds. The Morgan fingerprint density at radius 1 is 1.33 bits per heavy atom. The van der Waals surface area contributed by atoms with E-state index in [1.54, 1.807) is 0 Å². The van der Waals surface area contributed by atoms with Crippen LogP contribution in [0.3, 0.4) is 0 Å². The van der Waals surface area contributed by atoms with Gasteiger partial charge in [0.15, 0.2) is 0 Å². The zero-order chi connectivity index (χ0) is 10.4. The molecule has 1 aromatic carbocycles. The van der Waals surface area contributed by atoms with E-state index in [2.05, 4.69) is 29.4 Å². The molecular formula is C12H15N3. The van der Waals surface area contributed by atoms with Crippen LogP contribution in [0.2, 0.25) is 0 Å². The van der Waals surface area contributed by atoms with Crippen LogP contribution in [-0.2, 0) is 6.42 Å². The first kappa shape index (κ1) is 8.77. The summed E-state index contributed by atoms with van der Waals surface area (Å²) in [7, 11) is 0. The molecule has 0 saturated heterocycles. The summed E-state index contributed by atoms with van der Waals surface area (Å²) >= 11 is 0. The van der Waals surface area contributed by atoms with Gasteiger partial charge in [-0.15, -0.1) is 0 Å². The Bertz CT molecular complexity index is 425. The molecular weight excluding hydrogens is 186 g/mol. The molecule has 0 spiro atoms. The number of fused-ring (bicyclic) bond motifs is 3. The average Bonchev–Trinajstić information content (AvgIpc) is 3.02. The topological polar surface area (TPSA) is 64.4 Å². The highest BCUT2D eigenvalue weighted by atomic mass is 15.2. The van der Waals surface area contributed by atoms with Gasteiger partial charge in [0.2, 0.25) is 0 Å². The molecule has 0 aromatic heterocycles. The molecule has 15 heavy (non-hydrogen) atoms. The van der Waals surface area contributed by atoms with Gasteiger partial charge in [-0.2, -0.15) is 5.10 Å². The van der Waals surface area contributed by atoms with Gasteiger partial charge in [0.05, 0.1) is 0 Å². The first-order chi connectivity index (χ1) is 7.33. The van der Waals surface area contributed by atoms with E-state index in [1.165, 1.54) is 24.0 Å². The normalized spacial score (nSPS) is 33.1. The molecule has 3 nitrogen and oxygen atoms in total. The van der Waals surface area contributed by atoms with Gasteiger partial charge in [-0.1, -0.05) is 24.3 Å². The van der Waals surface area contributed by atoms with E-state index in [4.69, 9.17) is 11.6 Å². The molecule has 1 saturated carbocycles. The number of hydrogen-bond donors (Lipinski definition) is 2. The molecule has 2 aliphatic carbocycles. The fourth-order valence-corrected chi connectivity index (χ4v) is 3.06. The van der Waals surface area contributed by atoms with Crippen LogP contribution in [0.25, 0.3) is 0 Å². The lowest BCUT2D eigenvalue weighted by Crippen LogP contribution is -2.17. The van der Waals surface area contributed by atoms with E-state index in [0.29, 0.717) is 23.6 Å². The first-order valence-corrected chi connectivity index (χ1v) is 5.44. The molecule has 4 N–H and O–H groups in total. The highest BCUT2D eigenvalue weighted by molar-refractivity contribution is 5.87. The van der Waals surface area contributed by atoms with E-state index >= 15 is 0 Å². The fraction of sp³-hybridized carbons (Fsp3) is 0.417. The number of benzene rings is 1. The third-order valence-corrected chi connectivity index (χ3v) is 3.82. The summed E-state index contributed by atoms with van der Waals surface area (Å²) in [6, 6.07) is 8.65. The van der Waals surface area contributed by atoms with Crippen LogP contribution >= 0.6 is 0 Å². The standard InChI is InChI=1S/C12H15N3/c13-12(15-14)11-9-6-5-7-3-1-2-4-8(7)10(9)11/h1-4,9-11H,5-6,14H2,(H2,13,15). The van der Waals surface area contributed by atoms with Crippen molar-refractivity contribution in [3.8, 4) is 0 Å². The van der Waals surface area contributed by atoms with Crippen LogP contribution in [-0.4, -0.2) is 5.84 Å². The van der Waals surface area contributed by atoms with Crippen molar-refractivity contribution < 1.29 is 0 Å². The molecule has 3 rings (SSSR count). The molecule has 2 aliphatic rings. The predicted octanol–water partition coefficient (Wildman–Crippen LogP) is 1.19. The third-order valence-electron chi connectivity index (χ3n) is 3.82. The minimum absolute atomic E-state index is 0.402. The summed E-state index contributed by atoms with van der Waals surface area (Å²) < 4.78 is 0. The van der Waals surface area contributed by atoms with E-state index < -0.39 is 0 Å².